The number of nitrogens with one attached hydrogen (secondary N) is 4. The van der Waals surface area contributed by atoms with Gasteiger partial charge in [-0.2, -0.15) is 13.2 Å². The van der Waals surface area contributed by atoms with Crippen molar-refractivity contribution in [2.24, 2.45) is 5.92 Å². The number of carbonyl (C=O) groups excluding carboxylic acids is 5. The summed E-state index contributed by atoms with van der Waals surface area (Å²) in [7, 11) is -4.01. The van der Waals surface area contributed by atoms with E-state index in [9.17, 15) is 45.6 Å². The third-order valence-corrected chi connectivity index (χ3v) is 11.8. The molecule has 1 saturated heterocycles. The minimum atomic E-state index is -4.93. The summed E-state index contributed by atoms with van der Waals surface area (Å²) in [5.74, 6) is -4.70. The summed E-state index contributed by atoms with van der Waals surface area (Å²) in [4.78, 5) is 68.0. The number of fused-ring (bicyclic) bond motifs is 10. The Hall–Kier alpha value is -4.45. The number of amides is 4. The zero-order valence-corrected chi connectivity index (χ0v) is 28.9. The van der Waals surface area contributed by atoms with Gasteiger partial charge < -0.3 is 25.0 Å². The number of allylic oxidation sites excluding steroid dienone is 1. The van der Waals surface area contributed by atoms with Gasteiger partial charge >= 0.3 is 18.2 Å². The van der Waals surface area contributed by atoms with Gasteiger partial charge in [-0.1, -0.05) is 36.4 Å². The van der Waals surface area contributed by atoms with E-state index in [1.165, 1.54) is 6.08 Å². The van der Waals surface area contributed by atoms with Crippen LogP contribution < -0.4 is 20.7 Å². The smallest absolute Gasteiger partial charge is 0.407 e. The second-order valence-electron chi connectivity index (χ2n) is 13.8. The van der Waals surface area contributed by atoms with Crippen LogP contribution in [0.25, 0.3) is 6.08 Å². The monoisotopic (exact) mass is 751 g/mol. The van der Waals surface area contributed by atoms with Gasteiger partial charge in [0, 0.05) is 18.9 Å². The fourth-order valence-corrected chi connectivity index (χ4v) is 8.30. The van der Waals surface area contributed by atoms with Crippen LogP contribution in [0.5, 0.6) is 0 Å². The highest BCUT2D eigenvalue weighted by molar-refractivity contribution is 7.91. The number of halogens is 3. The van der Waals surface area contributed by atoms with E-state index in [1.807, 2.05) is 40.4 Å². The lowest BCUT2D eigenvalue weighted by atomic mass is 9.92. The Labute approximate surface area is 297 Å². The molecular formula is C34H40F3N5O9S. The molecule has 6 bridgehead atoms. The minimum absolute atomic E-state index is 0.0243. The lowest BCUT2D eigenvalue weighted by Crippen LogP contribution is -2.58. The molecule has 0 radical (unpaired) electrons. The molecule has 7 rings (SSSR count). The summed E-state index contributed by atoms with van der Waals surface area (Å²) in [6, 6.07) is 1.08. The molecule has 4 amide bonds. The second kappa shape index (κ2) is 14.5. The van der Waals surface area contributed by atoms with Gasteiger partial charge in [0.05, 0.1) is 24.8 Å². The third-order valence-electron chi connectivity index (χ3n) is 9.99. The van der Waals surface area contributed by atoms with E-state index >= 15 is 0 Å². The summed E-state index contributed by atoms with van der Waals surface area (Å²) >= 11 is 0. The standard InChI is InChI=1S/C34H40F3N5O9S/c1-2-21-15-33(21,31(46)41-52(48,49)23-10-11-23)40-28(43)27-14-22-18-42(27)29(44)26(16-34(35,36)37)39-32(47)50-12-5-3-4-7-19-8-6-9-20-13-25(30(45)51-22)38-17-24(19)20/h2,4,6-9,21-23,25-27,38H,1,3,5,10-18H2,(H,39,47)(H,40,43)(H,41,46)/b7-4+/t21-,22-,25?,26+,27+,33-/m1/s1. The number of sulfonamides is 1. The SMILES string of the molecule is C=C[C@@H]1C[C@]1(NC(=O)[C@@H]1C[C@@H]2CN1C(=O)[C@H](CC(F)(F)F)NC(=O)OCCC/C=C/c1cccc3c1CNC(C3)C(=O)O2)C(=O)NS(=O)(=O)C1CC1. The molecule has 18 heteroatoms. The van der Waals surface area contributed by atoms with E-state index in [2.05, 4.69) is 17.2 Å². The Morgan fingerprint density at radius 3 is 2.63 bits per heavy atom. The lowest BCUT2D eigenvalue weighted by molar-refractivity contribution is -0.156. The van der Waals surface area contributed by atoms with Gasteiger partial charge in [0.25, 0.3) is 5.91 Å². The van der Waals surface area contributed by atoms with Crippen molar-refractivity contribution in [3.05, 3.63) is 53.6 Å². The van der Waals surface area contributed by atoms with Crippen molar-refractivity contribution >= 4 is 45.9 Å². The summed E-state index contributed by atoms with van der Waals surface area (Å²) in [5, 5.41) is 6.92. The van der Waals surface area contributed by atoms with Gasteiger partial charge in [0.15, 0.2) is 0 Å². The topological polar surface area (TPSA) is 189 Å². The molecule has 4 heterocycles. The molecule has 2 aliphatic carbocycles. The van der Waals surface area contributed by atoms with Gasteiger partial charge in [-0.3, -0.25) is 29.2 Å². The normalized spacial score (nSPS) is 30.3. The molecular weight excluding hydrogens is 711 g/mol. The molecule has 1 aromatic rings. The third kappa shape index (κ3) is 8.27. The molecule has 1 aromatic carbocycles. The zero-order valence-electron chi connectivity index (χ0n) is 28.1. The largest absolute Gasteiger partial charge is 0.459 e. The van der Waals surface area contributed by atoms with Crippen molar-refractivity contribution in [1.82, 2.24) is 25.6 Å². The Balaban J connectivity index is 1.28. The summed E-state index contributed by atoms with van der Waals surface area (Å²) < 4.78 is 79.3. The maximum Gasteiger partial charge on any atom is 0.407 e. The van der Waals surface area contributed by atoms with E-state index in [-0.39, 0.29) is 25.9 Å². The molecule has 4 aliphatic heterocycles. The van der Waals surface area contributed by atoms with Crippen LogP contribution in [0, 0.1) is 5.92 Å². The van der Waals surface area contributed by atoms with Crippen LogP contribution in [0.3, 0.4) is 0 Å². The maximum atomic E-state index is 13.9. The van der Waals surface area contributed by atoms with Crippen LogP contribution in [0.1, 0.15) is 61.6 Å². The fourth-order valence-electron chi connectivity index (χ4n) is 6.93. The molecule has 0 aromatic heterocycles. The van der Waals surface area contributed by atoms with Gasteiger partial charge in [-0.15, -0.1) is 6.58 Å². The predicted molar refractivity (Wildman–Crippen MR) is 177 cm³/mol. The van der Waals surface area contributed by atoms with Crippen molar-refractivity contribution in [1.29, 1.82) is 0 Å². The van der Waals surface area contributed by atoms with Crippen molar-refractivity contribution in [3.63, 3.8) is 0 Å². The van der Waals surface area contributed by atoms with Crippen LogP contribution in [-0.4, -0.2) is 97.4 Å². The molecule has 282 valence electrons. The first-order valence-electron chi connectivity index (χ1n) is 17.1. The first-order chi connectivity index (χ1) is 24.6. The average Bonchev–Trinajstić information content (AvgIpc) is 4.01. The molecule has 6 aliphatic rings. The number of ether oxygens (including phenoxy) is 2. The van der Waals surface area contributed by atoms with Crippen molar-refractivity contribution in [2.45, 2.75) is 99.1 Å². The summed E-state index contributed by atoms with van der Waals surface area (Å²) in [6.45, 7) is 3.32. The van der Waals surface area contributed by atoms with Crippen LogP contribution in [-0.2, 0) is 51.6 Å². The Bertz CT molecular complexity index is 1780. The average molecular weight is 752 g/mol. The second-order valence-corrected chi connectivity index (χ2v) is 15.8. The van der Waals surface area contributed by atoms with E-state index in [4.69, 9.17) is 9.47 Å². The molecule has 52 heavy (non-hydrogen) atoms. The maximum absolute atomic E-state index is 13.9. The van der Waals surface area contributed by atoms with Crippen LogP contribution >= 0.6 is 0 Å². The van der Waals surface area contributed by atoms with Crippen molar-refractivity contribution in [3.8, 4) is 0 Å². The molecule has 1 unspecified atom stereocenters. The number of alkyl carbamates (subject to hydrolysis) is 1. The van der Waals surface area contributed by atoms with Crippen molar-refractivity contribution in [2.75, 3.05) is 13.2 Å². The van der Waals surface area contributed by atoms with Crippen LogP contribution in [0.15, 0.2) is 36.9 Å². The first-order valence-corrected chi connectivity index (χ1v) is 18.7. The summed E-state index contributed by atoms with van der Waals surface area (Å²) in [6.07, 6.45) is -2.63. The highest BCUT2D eigenvalue weighted by Crippen LogP contribution is 2.45. The number of rotatable bonds is 7. The van der Waals surface area contributed by atoms with Gasteiger partial charge in [0.1, 0.15) is 29.8 Å². The zero-order chi connectivity index (χ0) is 37.4. The molecule has 4 N–H and O–H groups in total. The Kier molecular flexibility index (Phi) is 10.4. The number of alkyl halides is 3. The van der Waals surface area contributed by atoms with Gasteiger partial charge in [-0.25, -0.2) is 13.2 Å². The number of hydrogen-bond acceptors (Lipinski definition) is 10. The van der Waals surface area contributed by atoms with E-state index in [0.29, 0.717) is 32.2 Å². The van der Waals surface area contributed by atoms with Crippen LogP contribution in [0.2, 0.25) is 0 Å². The number of carbonyl (C=O) groups is 5. The van der Waals surface area contributed by atoms with E-state index < -0.39 is 99.9 Å². The highest BCUT2D eigenvalue weighted by atomic mass is 32.2. The fraction of sp³-hybridized carbons (Fsp3) is 0.559. The van der Waals surface area contributed by atoms with Gasteiger partial charge in [0.2, 0.25) is 21.8 Å². The van der Waals surface area contributed by atoms with Crippen molar-refractivity contribution < 1.29 is 55.0 Å². The molecule has 3 fully saturated rings. The number of esters is 1. The van der Waals surface area contributed by atoms with E-state index in [1.54, 1.807) is 0 Å². The minimum Gasteiger partial charge on any atom is -0.459 e. The Morgan fingerprint density at radius 2 is 1.94 bits per heavy atom. The quantitative estimate of drug-likeness (QED) is 0.236. The number of benzene rings is 1. The molecule has 0 spiro atoms. The first kappa shape index (κ1) is 37.3. The molecule has 6 atom stereocenters. The predicted octanol–water partition coefficient (Wildman–Crippen LogP) is 1.74. The van der Waals surface area contributed by atoms with Crippen LogP contribution in [0.4, 0.5) is 18.0 Å². The number of nitrogens with zero attached hydrogens (tertiary/aromatic N) is 1. The summed E-state index contributed by atoms with van der Waals surface area (Å²) in [5.41, 5.74) is 1.05. The van der Waals surface area contributed by atoms with Gasteiger partial charge in [-0.05, 0) is 55.2 Å². The Morgan fingerprint density at radius 1 is 1.17 bits per heavy atom. The lowest BCUT2D eigenvalue weighted by Gasteiger charge is -2.30. The molecule has 14 nitrogen and oxygen atoms in total. The number of hydrogen-bond donors (Lipinski definition) is 4. The highest BCUT2D eigenvalue weighted by Gasteiger charge is 2.62. The molecule has 2 saturated carbocycles. The van der Waals surface area contributed by atoms with E-state index in [0.717, 1.165) is 21.6 Å².